The molecule has 10 heterocycles. The minimum Gasteiger partial charge on any atom is -0.579 e. The number of oxazole rings is 1. The Kier molecular flexibility index (Phi) is 45.9. The molecule has 136 heavy (non-hydrogen) atoms. The van der Waals surface area contributed by atoms with E-state index in [9.17, 15) is 41.9 Å². The quantitative estimate of drug-likeness (QED) is 0.0542. The summed E-state index contributed by atoms with van der Waals surface area (Å²) in [4.78, 5) is 83.2. The van der Waals surface area contributed by atoms with Crippen LogP contribution in [0.4, 0.5) is 13.2 Å². The predicted octanol–water partition coefficient (Wildman–Crippen LogP) is 7.13. The monoisotopic (exact) mass is 2380 g/mol. The Morgan fingerprint density at radius 1 is 0.368 bits per heavy atom. The first-order valence-electron chi connectivity index (χ1n) is 37.6. The van der Waals surface area contributed by atoms with Gasteiger partial charge in [0.1, 0.15) is 49.1 Å². The molecular weight excluding hydrogens is 2320 g/mol. The van der Waals surface area contributed by atoms with Crippen molar-refractivity contribution < 1.29 is 242 Å². The van der Waals surface area contributed by atoms with Gasteiger partial charge in [0, 0.05) is 293 Å². The van der Waals surface area contributed by atoms with E-state index in [4.69, 9.17) is 67.6 Å². The summed E-state index contributed by atoms with van der Waals surface area (Å²) in [5.74, 6) is 0.485. The van der Waals surface area contributed by atoms with Crippen molar-refractivity contribution in [2.24, 2.45) is 42.3 Å². The smallest absolute Gasteiger partial charge is 0.368 e. The number of hydrogen-bond donors (Lipinski definition) is 0. The van der Waals surface area contributed by atoms with Crippen LogP contribution in [-0.2, 0) is 278 Å². The van der Waals surface area contributed by atoms with Crippen LogP contribution in [0.5, 0.6) is 34.5 Å². The normalized spacial score (nSPS) is 10.2. The SMILES string of the molecule is Cc1[c-]cc(OCc2c(Cl)cccc2-n2nnn(C)c2=O)cc1.Cn1nnn(-c2cccc(Cl)c2COc2c[c-]ccc2)c1=O.Cn1nnn(-c2cccc(Cl)c2COc2ccc[c-]n2)c1=O.Cn1nnn(-c2cccc(F)c2COc2cc[n-]n2)c1=O.Cn1nnn(-c2cccc(F)c2COc2n[c-]co2)c1=O.Cn1nnn(-c2cccc(F)c2COc2n[c-]cs2)c1=O.[Y].[Y].[Y].[Y].[Y].[Y]. The Morgan fingerprint density at radius 2 is 0.735 bits per heavy atom. The predicted molar refractivity (Wildman–Crippen MR) is 453 cm³/mol. The van der Waals surface area contributed by atoms with Crippen molar-refractivity contribution >= 4 is 46.1 Å². The van der Waals surface area contributed by atoms with E-state index in [0.29, 0.717) is 71.4 Å². The van der Waals surface area contributed by atoms with Gasteiger partial charge in [-0.05, 0) is 148 Å². The Balaban J connectivity index is 0.000000221. The van der Waals surface area contributed by atoms with Crippen LogP contribution in [0.1, 0.15) is 38.9 Å². The summed E-state index contributed by atoms with van der Waals surface area (Å²) in [6, 6.07) is 54.0. The van der Waals surface area contributed by atoms with Gasteiger partial charge in [0.2, 0.25) is 6.08 Å². The molecule has 0 unspecified atom stereocenters. The van der Waals surface area contributed by atoms with Crippen LogP contribution in [0.2, 0.25) is 15.1 Å². The van der Waals surface area contributed by atoms with E-state index in [1.165, 1.54) is 117 Å². The summed E-state index contributed by atoms with van der Waals surface area (Å²) < 4.78 is 93.0. The van der Waals surface area contributed by atoms with Crippen molar-refractivity contribution in [2.75, 3.05) is 0 Å². The molecule has 0 fully saturated rings. The number of aryl methyl sites for hydroxylation is 7. The zero-order valence-corrected chi connectivity index (χ0v) is 92.2. The molecule has 0 aliphatic carbocycles. The van der Waals surface area contributed by atoms with E-state index in [-0.39, 0.29) is 299 Å². The van der Waals surface area contributed by atoms with Gasteiger partial charge in [0.15, 0.2) is 5.88 Å². The molecule has 8 aromatic carbocycles. The summed E-state index contributed by atoms with van der Waals surface area (Å²) in [6.07, 6.45) is 10.3. The average Bonchev–Trinajstić information content (AvgIpc) is 1.64. The van der Waals surface area contributed by atoms with E-state index in [0.717, 1.165) is 47.7 Å². The zero-order chi connectivity index (χ0) is 91.9. The van der Waals surface area contributed by atoms with E-state index in [1.807, 2.05) is 31.2 Å². The van der Waals surface area contributed by atoms with Crippen molar-refractivity contribution in [2.45, 2.75) is 46.6 Å². The van der Waals surface area contributed by atoms with Crippen LogP contribution >= 0.6 is 46.1 Å². The first kappa shape index (κ1) is 113. The van der Waals surface area contributed by atoms with Gasteiger partial charge in [-0.1, -0.05) is 89.7 Å². The largest absolute Gasteiger partial charge is 0.579 e. The van der Waals surface area contributed by atoms with Crippen LogP contribution in [0.25, 0.3) is 34.1 Å². The molecule has 0 aliphatic rings. The molecule has 684 valence electrons. The number of hydrogen-bond acceptors (Lipinski definition) is 30. The van der Waals surface area contributed by atoms with E-state index < -0.39 is 34.5 Å². The fourth-order valence-corrected chi connectivity index (χ4v) is 12.3. The second-order valence-corrected chi connectivity index (χ2v) is 28.4. The van der Waals surface area contributed by atoms with E-state index >= 15 is 0 Å². The molecule has 0 N–H and O–H groups in total. The number of tetrazole rings is 6. The van der Waals surface area contributed by atoms with E-state index in [2.05, 4.69) is 118 Å². The van der Waals surface area contributed by atoms with Crippen LogP contribution in [0.3, 0.4) is 0 Å². The molecule has 0 aliphatic heterocycles. The van der Waals surface area contributed by atoms with Crippen LogP contribution < -0.4 is 67.7 Å². The van der Waals surface area contributed by atoms with Crippen LogP contribution in [-0.4, -0.2) is 139 Å². The third-order valence-corrected chi connectivity index (χ3v) is 19.5. The Bertz CT molecular complexity index is 6770. The molecule has 0 saturated heterocycles. The molecule has 0 bridgehead atoms. The van der Waals surface area contributed by atoms with Crippen LogP contribution in [0.15, 0.2) is 227 Å². The number of thiazole rings is 1. The summed E-state index contributed by atoms with van der Waals surface area (Å²) in [7, 11) is 8.97. The molecule has 42 nitrogen and oxygen atoms in total. The standard InChI is InChI=1S/C16H14ClN4O2.C15H12ClN4O2.C14H11ClN5O2.C12H10FN6O2.C12H9FN5O3.C12H9FN5O2S.6Y/c1-11-6-8-12(9-7-11)23-10-13-14(17)4-3-5-15(13)21-16(22)20(2)18-19-21;1-19-15(21)20(18-17-19)14-9-5-8-13(16)12(14)10-22-11-6-3-2-4-7-11;1-19-14(21)20(18-17-19)12-6-4-5-11(15)10(12)9-22-13-7-2-3-8-16-13;1-18-12(20)19(17-16-18)10-4-2-3-9(13)8(10)7-21-11-5-6-14-15-11;1-17-12(19)18(16-15-17)10-4-2-3-9(13)8(10)7-21-11-14-5-6-20-11;1-17-12(19)18(16-15-17)10-4-2-3-9(13)8(10)7-20-11-14-5-6-21-11;;;;;;/h3-6,8-9H,10H2,1-2H3;2-3,5-9H,10H2,1H3;2-7H,9H2,1H3;2-6H,7H2,1H3;2*2-4,6H,7H2,1H3;;;;;;/q6*-1;;;;;;. The van der Waals surface area contributed by atoms with Gasteiger partial charge in [0.25, 0.3) is 0 Å². The molecule has 18 rings (SSSR count). The second-order valence-electron chi connectivity index (χ2n) is 26.3. The number of aromatic nitrogens is 29. The van der Waals surface area contributed by atoms with Gasteiger partial charge in [-0.25, -0.2) is 53.3 Å². The molecular formula is C81H65Cl3F3N29O13SY6-6. The van der Waals surface area contributed by atoms with Crippen molar-refractivity contribution in [3.05, 3.63) is 359 Å². The zero-order valence-electron chi connectivity index (χ0n) is 72.1. The summed E-state index contributed by atoms with van der Waals surface area (Å²) in [5, 5.41) is 55.3. The van der Waals surface area contributed by atoms with Crippen molar-refractivity contribution in [1.82, 2.24) is 144 Å². The summed E-state index contributed by atoms with van der Waals surface area (Å²) >= 11 is 20.0. The van der Waals surface area contributed by atoms with Crippen molar-refractivity contribution in [3.63, 3.8) is 0 Å². The minimum absolute atomic E-state index is 0. The van der Waals surface area contributed by atoms with Gasteiger partial charge < -0.3 is 58.0 Å². The second kappa shape index (κ2) is 55.2. The Hall–Kier alpha value is -9.74. The third kappa shape index (κ3) is 29.4. The maximum atomic E-state index is 14.0. The van der Waals surface area contributed by atoms with Gasteiger partial charge in [-0.15, -0.1) is 42.7 Å². The van der Waals surface area contributed by atoms with Crippen molar-refractivity contribution in [1.29, 1.82) is 0 Å². The van der Waals surface area contributed by atoms with Gasteiger partial charge in [-0.3, -0.25) is 0 Å². The first-order valence-corrected chi connectivity index (χ1v) is 39.6. The van der Waals surface area contributed by atoms with Crippen LogP contribution in [0, 0.1) is 55.1 Å². The fourth-order valence-electron chi connectivity index (χ4n) is 11.2. The number of nitrogens with zero attached hydrogens (tertiary/aromatic N) is 29. The molecule has 0 atom stereocenters. The number of pyridine rings is 1. The first-order chi connectivity index (χ1) is 62.9. The molecule has 18 aromatic rings. The third-order valence-electron chi connectivity index (χ3n) is 17.8. The Labute approximate surface area is 936 Å². The number of benzene rings is 8. The number of ether oxygens (including phenoxy) is 6. The maximum absolute atomic E-state index is 14.0. The molecule has 6 radical (unpaired) electrons. The number of halogens is 6. The topological polar surface area (TPSA) is 450 Å². The summed E-state index contributed by atoms with van der Waals surface area (Å²) in [5.41, 5.74) is 3.41. The molecule has 0 spiro atoms. The van der Waals surface area contributed by atoms with E-state index in [1.54, 1.807) is 121 Å². The molecule has 10 aromatic heterocycles. The fraction of sp³-hybridized carbons (Fsp3) is 0.160. The van der Waals surface area contributed by atoms with Gasteiger partial charge in [-0.2, -0.15) is 110 Å². The number of rotatable bonds is 24. The maximum Gasteiger partial charge on any atom is 0.368 e. The average molecular weight is 2380 g/mol. The molecule has 0 saturated carbocycles. The molecule has 55 heteroatoms. The van der Waals surface area contributed by atoms with Gasteiger partial charge in [0.05, 0.1) is 58.8 Å². The molecule has 0 amide bonds. The van der Waals surface area contributed by atoms with Crippen molar-refractivity contribution in [3.8, 4) is 68.7 Å². The summed E-state index contributed by atoms with van der Waals surface area (Å²) in [6.45, 7) is 2.14. The minimum atomic E-state index is -0.541. The van der Waals surface area contributed by atoms with Gasteiger partial charge >= 0.3 is 34.1 Å². The Morgan fingerprint density at radius 3 is 1.07 bits per heavy atom.